The van der Waals surface area contributed by atoms with Gasteiger partial charge in [0.1, 0.15) is 18.1 Å². The Labute approximate surface area is 155 Å². The number of aromatic nitrogens is 3. The fraction of sp³-hybridized carbons (Fsp3) is 0.158. The van der Waals surface area contributed by atoms with E-state index in [1.54, 1.807) is 13.1 Å². The molecule has 3 aromatic rings. The lowest BCUT2D eigenvalue weighted by Gasteiger charge is -2.09. The van der Waals surface area contributed by atoms with E-state index < -0.39 is 0 Å². The van der Waals surface area contributed by atoms with Crippen molar-refractivity contribution >= 4 is 18.0 Å². The number of nitrogens with zero attached hydrogens (tertiary/aromatic N) is 4. The van der Waals surface area contributed by atoms with Crippen LogP contribution in [0.1, 0.15) is 16.8 Å². The normalized spacial score (nSPS) is 11.0. The third-order valence-corrected chi connectivity index (χ3v) is 4.24. The lowest BCUT2D eigenvalue weighted by molar-refractivity contribution is 0.306. The van der Waals surface area contributed by atoms with Crippen LogP contribution in [0.2, 0.25) is 0 Å². The minimum Gasteiger partial charge on any atom is -0.488 e. The predicted octanol–water partition coefficient (Wildman–Crippen LogP) is 3.13. The molecule has 0 amide bonds. The number of rotatable bonds is 6. The van der Waals surface area contributed by atoms with Gasteiger partial charge in [0, 0.05) is 5.56 Å². The van der Waals surface area contributed by atoms with E-state index in [2.05, 4.69) is 15.3 Å². The largest absolute Gasteiger partial charge is 0.488 e. The highest BCUT2D eigenvalue weighted by atomic mass is 32.2. The monoisotopic (exact) mass is 366 g/mol. The summed E-state index contributed by atoms with van der Waals surface area (Å²) in [6, 6.07) is 17.5. The first-order valence-corrected chi connectivity index (χ1v) is 9.22. The second kappa shape index (κ2) is 8.44. The van der Waals surface area contributed by atoms with E-state index in [9.17, 15) is 4.79 Å². The fourth-order valence-electron chi connectivity index (χ4n) is 2.25. The van der Waals surface area contributed by atoms with Crippen molar-refractivity contribution in [1.82, 2.24) is 14.9 Å². The van der Waals surface area contributed by atoms with E-state index in [4.69, 9.17) is 4.74 Å². The Hall–Kier alpha value is -2.93. The molecule has 26 heavy (non-hydrogen) atoms. The smallest absolute Gasteiger partial charge is 0.296 e. The Kier molecular flexibility index (Phi) is 5.80. The molecule has 1 heterocycles. The first kappa shape index (κ1) is 17.9. The highest BCUT2D eigenvalue weighted by molar-refractivity contribution is 7.98. The first-order chi connectivity index (χ1) is 12.7. The lowest BCUT2D eigenvalue weighted by atomic mass is 10.2. The SMILES string of the molecule is CSc1nnc(C)c(=O)n1/N=C\c1ccccc1OCc1ccccc1. The number of thioether (sulfide) groups is 1. The molecule has 0 radical (unpaired) electrons. The Morgan fingerprint density at radius 2 is 1.85 bits per heavy atom. The zero-order valence-corrected chi connectivity index (χ0v) is 15.3. The summed E-state index contributed by atoms with van der Waals surface area (Å²) in [6.45, 7) is 2.07. The van der Waals surface area contributed by atoms with Crippen LogP contribution in [0.15, 0.2) is 69.6 Å². The summed E-state index contributed by atoms with van der Waals surface area (Å²) in [4.78, 5) is 12.3. The van der Waals surface area contributed by atoms with Crippen LogP contribution in [0.25, 0.3) is 0 Å². The summed E-state index contributed by atoms with van der Waals surface area (Å²) in [5.41, 5.74) is 1.86. The van der Waals surface area contributed by atoms with E-state index in [0.29, 0.717) is 23.2 Å². The molecule has 2 aromatic carbocycles. The number of benzene rings is 2. The van der Waals surface area contributed by atoms with Crippen LogP contribution in [-0.4, -0.2) is 27.3 Å². The molecule has 6 nitrogen and oxygen atoms in total. The molecule has 0 spiro atoms. The summed E-state index contributed by atoms with van der Waals surface area (Å²) in [5, 5.41) is 12.6. The van der Waals surface area contributed by atoms with Crippen LogP contribution in [0.3, 0.4) is 0 Å². The van der Waals surface area contributed by atoms with E-state index in [-0.39, 0.29) is 5.56 Å². The number of hydrogen-bond donors (Lipinski definition) is 0. The summed E-state index contributed by atoms with van der Waals surface area (Å²) >= 11 is 1.31. The second-order valence-electron chi connectivity index (χ2n) is 5.45. The minimum absolute atomic E-state index is 0.289. The lowest BCUT2D eigenvalue weighted by Crippen LogP contribution is -2.23. The van der Waals surface area contributed by atoms with Crippen LogP contribution in [-0.2, 0) is 6.61 Å². The quantitative estimate of drug-likeness (QED) is 0.495. The van der Waals surface area contributed by atoms with Gasteiger partial charge in [-0.3, -0.25) is 4.79 Å². The standard InChI is InChI=1S/C19H18N4O2S/c1-14-18(24)23(19(26-2)22-21-14)20-12-16-10-6-7-11-17(16)25-13-15-8-4-3-5-9-15/h3-12H,13H2,1-2H3/b20-12-. The fourth-order valence-corrected chi connectivity index (χ4v) is 2.67. The molecule has 0 aliphatic rings. The van der Waals surface area contributed by atoms with Crippen molar-refractivity contribution in [3.63, 3.8) is 0 Å². The molecule has 0 unspecified atom stereocenters. The first-order valence-electron chi connectivity index (χ1n) is 7.99. The van der Waals surface area contributed by atoms with Gasteiger partial charge in [-0.2, -0.15) is 9.78 Å². The van der Waals surface area contributed by atoms with Crippen molar-refractivity contribution in [2.75, 3.05) is 6.26 Å². The maximum atomic E-state index is 12.3. The van der Waals surface area contributed by atoms with Gasteiger partial charge in [0.25, 0.3) is 5.56 Å². The van der Waals surface area contributed by atoms with E-state index in [1.165, 1.54) is 16.4 Å². The van der Waals surface area contributed by atoms with Gasteiger partial charge in [-0.15, -0.1) is 10.2 Å². The van der Waals surface area contributed by atoms with E-state index >= 15 is 0 Å². The van der Waals surface area contributed by atoms with Gasteiger partial charge in [-0.1, -0.05) is 54.2 Å². The molecule has 0 fully saturated rings. The molecule has 7 heteroatoms. The molecule has 0 aliphatic carbocycles. The molecular formula is C19H18N4O2S. The molecule has 0 atom stereocenters. The van der Waals surface area contributed by atoms with Crippen molar-refractivity contribution in [2.24, 2.45) is 5.10 Å². The molecule has 1 aromatic heterocycles. The summed E-state index contributed by atoms with van der Waals surface area (Å²) in [5.74, 6) is 0.692. The predicted molar refractivity (Wildman–Crippen MR) is 103 cm³/mol. The zero-order valence-electron chi connectivity index (χ0n) is 14.5. The molecular weight excluding hydrogens is 348 g/mol. The third-order valence-electron chi connectivity index (χ3n) is 3.62. The topological polar surface area (TPSA) is 69.4 Å². The Balaban J connectivity index is 1.86. The van der Waals surface area contributed by atoms with Crippen molar-refractivity contribution < 1.29 is 4.74 Å². The van der Waals surface area contributed by atoms with Crippen molar-refractivity contribution in [3.8, 4) is 5.75 Å². The number of aryl methyl sites for hydroxylation is 1. The molecule has 0 aliphatic heterocycles. The van der Waals surface area contributed by atoms with Gasteiger partial charge in [0.2, 0.25) is 5.16 Å². The molecule has 0 N–H and O–H groups in total. The van der Waals surface area contributed by atoms with Crippen LogP contribution in [0.4, 0.5) is 0 Å². The molecule has 3 rings (SSSR count). The van der Waals surface area contributed by atoms with Crippen molar-refractivity contribution in [1.29, 1.82) is 0 Å². The summed E-state index contributed by atoms with van der Waals surface area (Å²) < 4.78 is 7.16. The highest BCUT2D eigenvalue weighted by Gasteiger charge is 2.08. The Morgan fingerprint density at radius 3 is 2.62 bits per heavy atom. The van der Waals surface area contributed by atoms with Crippen LogP contribution in [0, 0.1) is 6.92 Å². The summed E-state index contributed by atoms with van der Waals surface area (Å²) in [7, 11) is 0. The molecule has 0 saturated carbocycles. The Morgan fingerprint density at radius 1 is 1.12 bits per heavy atom. The van der Waals surface area contributed by atoms with Gasteiger partial charge in [0.15, 0.2) is 0 Å². The second-order valence-corrected chi connectivity index (χ2v) is 6.22. The van der Waals surface area contributed by atoms with Gasteiger partial charge >= 0.3 is 0 Å². The maximum absolute atomic E-state index is 12.3. The number of para-hydroxylation sites is 1. The molecule has 0 bridgehead atoms. The summed E-state index contributed by atoms with van der Waals surface area (Å²) in [6.07, 6.45) is 3.42. The van der Waals surface area contributed by atoms with E-state index in [1.807, 2.05) is 60.9 Å². The Bertz CT molecular complexity index is 971. The van der Waals surface area contributed by atoms with Crippen molar-refractivity contribution in [2.45, 2.75) is 18.7 Å². The van der Waals surface area contributed by atoms with E-state index in [0.717, 1.165) is 11.1 Å². The third kappa shape index (κ3) is 4.18. The van der Waals surface area contributed by atoms with Gasteiger partial charge < -0.3 is 4.74 Å². The minimum atomic E-state index is -0.289. The van der Waals surface area contributed by atoms with Crippen LogP contribution in [0.5, 0.6) is 5.75 Å². The number of hydrogen-bond acceptors (Lipinski definition) is 6. The van der Waals surface area contributed by atoms with Gasteiger partial charge in [0.05, 0.1) is 6.21 Å². The average Bonchev–Trinajstić information content (AvgIpc) is 2.69. The maximum Gasteiger partial charge on any atom is 0.296 e. The van der Waals surface area contributed by atoms with Gasteiger partial charge in [-0.05, 0) is 30.9 Å². The molecule has 132 valence electrons. The van der Waals surface area contributed by atoms with Gasteiger partial charge in [-0.25, -0.2) is 0 Å². The number of ether oxygens (including phenoxy) is 1. The average molecular weight is 366 g/mol. The zero-order chi connectivity index (χ0) is 18.4. The van der Waals surface area contributed by atoms with Crippen molar-refractivity contribution in [3.05, 3.63) is 81.8 Å². The van der Waals surface area contributed by atoms with Crippen LogP contribution >= 0.6 is 11.8 Å². The van der Waals surface area contributed by atoms with Crippen LogP contribution < -0.4 is 10.3 Å². The molecule has 0 saturated heterocycles. The highest BCUT2D eigenvalue weighted by Crippen LogP contribution is 2.18.